The molecule has 0 aliphatic heterocycles. The highest BCUT2D eigenvalue weighted by molar-refractivity contribution is 9.10. The number of hydrogen-bond acceptors (Lipinski definition) is 1. The van der Waals surface area contributed by atoms with Gasteiger partial charge in [-0.3, -0.25) is 4.79 Å². The van der Waals surface area contributed by atoms with E-state index in [4.69, 9.17) is 0 Å². The highest BCUT2D eigenvalue weighted by atomic mass is 79.9. The molecule has 106 valence electrons. The fourth-order valence-electron chi connectivity index (χ4n) is 1.79. The predicted octanol–water partition coefficient (Wildman–Crippen LogP) is 4.52. The molecule has 0 heterocycles. The van der Waals surface area contributed by atoms with Gasteiger partial charge in [-0.25, -0.2) is 4.39 Å². The maximum absolute atomic E-state index is 13.2. The van der Waals surface area contributed by atoms with Gasteiger partial charge in [0.25, 0.3) is 5.91 Å². The van der Waals surface area contributed by atoms with Crippen molar-refractivity contribution in [3.63, 3.8) is 0 Å². The largest absolute Gasteiger partial charge is 0.351 e. The second-order valence-corrected chi connectivity index (χ2v) is 6.16. The molecule has 0 aromatic heterocycles. The normalized spacial score (nSPS) is 11.4. The fraction of sp³-hybridized carbons (Fsp3) is 0.500. The van der Waals surface area contributed by atoms with Crippen LogP contribution in [0, 0.1) is 11.2 Å². The Morgan fingerprint density at radius 3 is 2.42 bits per heavy atom. The summed E-state index contributed by atoms with van der Waals surface area (Å²) in [6, 6.07) is 4.19. The van der Waals surface area contributed by atoms with Gasteiger partial charge in [0, 0.05) is 21.9 Å². The minimum absolute atomic E-state index is 0.0558. The summed E-state index contributed by atoms with van der Waals surface area (Å²) in [5.41, 5.74) is 0.391. The van der Waals surface area contributed by atoms with Crippen LogP contribution in [-0.4, -0.2) is 17.8 Å². The third kappa shape index (κ3) is 4.56. The minimum atomic E-state index is -0.419. The first-order valence-corrected chi connectivity index (χ1v) is 8.18. The Hall–Kier alpha value is -0.420. The van der Waals surface area contributed by atoms with Crippen LogP contribution in [0.3, 0.4) is 0 Å². The van der Waals surface area contributed by atoms with Gasteiger partial charge in [0.1, 0.15) is 5.82 Å². The average molecular weight is 395 g/mol. The molecule has 5 heteroatoms. The van der Waals surface area contributed by atoms with E-state index in [9.17, 15) is 9.18 Å². The summed E-state index contributed by atoms with van der Waals surface area (Å²) in [6.45, 7) is 4.80. The van der Waals surface area contributed by atoms with Gasteiger partial charge in [-0.2, -0.15) is 0 Å². The summed E-state index contributed by atoms with van der Waals surface area (Å²) in [7, 11) is 0. The van der Waals surface area contributed by atoms with Crippen LogP contribution in [0.1, 0.15) is 37.0 Å². The third-order valence-corrected chi connectivity index (χ3v) is 5.18. The number of carbonyl (C=O) groups excluding carboxylic acids is 1. The number of nitrogens with one attached hydrogen (secondary N) is 1. The number of halogens is 3. The molecule has 0 atom stereocenters. The first-order valence-electron chi connectivity index (χ1n) is 6.26. The number of hydrogen-bond donors (Lipinski definition) is 1. The number of amides is 1. The van der Waals surface area contributed by atoms with Gasteiger partial charge in [-0.05, 0) is 36.5 Å². The Morgan fingerprint density at radius 2 is 1.95 bits per heavy atom. The summed E-state index contributed by atoms with van der Waals surface area (Å²) >= 11 is 6.69. The van der Waals surface area contributed by atoms with E-state index in [0.717, 1.165) is 18.2 Å². The average Bonchev–Trinajstić information content (AvgIpc) is 2.39. The monoisotopic (exact) mass is 393 g/mol. The topological polar surface area (TPSA) is 29.1 Å². The Balaban J connectivity index is 2.74. The van der Waals surface area contributed by atoms with Crippen molar-refractivity contribution in [2.24, 2.45) is 5.41 Å². The number of carbonyl (C=O) groups is 1. The quantitative estimate of drug-likeness (QED) is 0.706. The van der Waals surface area contributed by atoms with Crippen LogP contribution in [0.5, 0.6) is 0 Å². The Bertz CT molecular complexity index is 419. The van der Waals surface area contributed by atoms with Crippen molar-refractivity contribution in [1.82, 2.24) is 5.32 Å². The van der Waals surface area contributed by atoms with E-state index in [2.05, 4.69) is 51.0 Å². The first-order chi connectivity index (χ1) is 8.96. The number of rotatable bonds is 6. The standard InChI is InChI=1S/C14H18Br2FNO/c1-3-14(4-2,8-15)9-18-13(19)10-5-11(16)7-12(17)6-10/h5-7H,3-4,8-9H2,1-2H3,(H,18,19). The summed E-state index contributed by atoms with van der Waals surface area (Å²) in [6.07, 6.45) is 1.95. The van der Waals surface area contributed by atoms with Gasteiger partial charge in [0.15, 0.2) is 0 Å². The lowest BCUT2D eigenvalue weighted by atomic mass is 9.84. The molecule has 0 radical (unpaired) electrons. The molecular formula is C14H18Br2FNO. The smallest absolute Gasteiger partial charge is 0.251 e. The Labute approximate surface area is 130 Å². The summed E-state index contributed by atoms with van der Waals surface area (Å²) < 4.78 is 13.8. The molecule has 1 aromatic rings. The molecule has 1 aromatic carbocycles. The fourth-order valence-corrected chi connectivity index (χ4v) is 3.25. The zero-order chi connectivity index (χ0) is 14.5. The van der Waals surface area contributed by atoms with Crippen LogP contribution in [0.4, 0.5) is 4.39 Å². The zero-order valence-electron chi connectivity index (χ0n) is 11.1. The van der Waals surface area contributed by atoms with Crippen molar-refractivity contribution in [2.45, 2.75) is 26.7 Å². The molecule has 0 unspecified atom stereocenters. The Kier molecular flexibility index (Phi) is 6.47. The van der Waals surface area contributed by atoms with Crippen molar-refractivity contribution in [3.8, 4) is 0 Å². The SMILES string of the molecule is CCC(CC)(CBr)CNC(=O)c1cc(F)cc(Br)c1. The van der Waals surface area contributed by atoms with E-state index in [1.165, 1.54) is 12.1 Å². The Morgan fingerprint density at radius 1 is 1.32 bits per heavy atom. The van der Waals surface area contributed by atoms with Gasteiger partial charge in [-0.1, -0.05) is 45.7 Å². The van der Waals surface area contributed by atoms with E-state index >= 15 is 0 Å². The lowest BCUT2D eigenvalue weighted by Crippen LogP contribution is -2.38. The first kappa shape index (κ1) is 16.6. The number of alkyl halides is 1. The van der Waals surface area contributed by atoms with Crippen molar-refractivity contribution >= 4 is 37.8 Å². The predicted molar refractivity (Wildman–Crippen MR) is 83.2 cm³/mol. The van der Waals surface area contributed by atoms with E-state index in [1.54, 1.807) is 6.07 Å². The molecule has 2 nitrogen and oxygen atoms in total. The summed E-state index contributed by atoms with van der Waals surface area (Å²) in [4.78, 5) is 12.0. The lowest BCUT2D eigenvalue weighted by Gasteiger charge is -2.29. The number of benzene rings is 1. The second kappa shape index (κ2) is 7.39. The van der Waals surface area contributed by atoms with Gasteiger partial charge >= 0.3 is 0 Å². The van der Waals surface area contributed by atoms with E-state index in [0.29, 0.717) is 16.6 Å². The van der Waals surface area contributed by atoms with E-state index < -0.39 is 5.82 Å². The zero-order valence-corrected chi connectivity index (χ0v) is 14.3. The molecule has 19 heavy (non-hydrogen) atoms. The molecular weight excluding hydrogens is 377 g/mol. The maximum Gasteiger partial charge on any atom is 0.251 e. The molecule has 1 amide bonds. The highest BCUT2D eigenvalue weighted by Crippen LogP contribution is 2.27. The lowest BCUT2D eigenvalue weighted by molar-refractivity contribution is 0.0932. The second-order valence-electron chi connectivity index (χ2n) is 4.68. The van der Waals surface area contributed by atoms with E-state index in [1.807, 2.05) is 0 Å². The molecule has 0 bridgehead atoms. The van der Waals surface area contributed by atoms with Crippen molar-refractivity contribution in [2.75, 3.05) is 11.9 Å². The van der Waals surface area contributed by atoms with Crippen molar-refractivity contribution < 1.29 is 9.18 Å². The third-order valence-electron chi connectivity index (χ3n) is 3.53. The molecule has 0 spiro atoms. The summed E-state index contributed by atoms with van der Waals surface area (Å²) in [5.74, 6) is -0.662. The van der Waals surface area contributed by atoms with Gasteiger partial charge < -0.3 is 5.32 Å². The van der Waals surface area contributed by atoms with Crippen molar-refractivity contribution in [1.29, 1.82) is 0 Å². The molecule has 1 N–H and O–H groups in total. The molecule has 1 rings (SSSR count). The van der Waals surface area contributed by atoms with Crippen LogP contribution in [0.2, 0.25) is 0 Å². The molecule has 0 fully saturated rings. The molecule has 0 aliphatic carbocycles. The highest BCUT2D eigenvalue weighted by Gasteiger charge is 2.25. The van der Waals surface area contributed by atoms with Gasteiger partial charge in [-0.15, -0.1) is 0 Å². The van der Waals surface area contributed by atoms with Gasteiger partial charge in [0.05, 0.1) is 0 Å². The molecule has 0 aliphatic rings. The van der Waals surface area contributed by atoms with Crippen LogP contribution in [-0.2, 0) is 0 Å². The van der Waals surface area contributed by atoms with Crippen LogP contribution in [0.15, 0.2) is 22.7 Å². The van der Waals surface area contributed by atoms with Crippen LogP contribution in [0.25, 0.3) is 0 Å². The maximum atomic E-state index is 13.2. The van der Waals surface area contributed by atoms with Gasteiger partial charge in [0.2, 0.25) is 0 Å². The molecule has 0 saturated heterocycles. The minimum Gasteiger partial charge on any atom is -0.351 e. The van der Waals surface area contributed by atoms with E-state index in [-0.39, 0.29) is 11.3 Å². The summed E-state index contributed by atoms with van der Waals surface area (Å²) in [5, 5.41) is 3.72. The van der Waals surface area contributed by atoms with Crippen LogP contribution >= 0.6 is 31.9 Å². The van der Waals surface area contributed by atoms with Crippen LogP contribution < -0.4 is 5.32 Å². The molecule has 0 saturated carbocycles. The van der Waals surface area contributed by atoms with Crippen molar-refractivity contribution in [3.05, 3.63) is 34.1 Å².